The summed E-state index contributed by atoms with van der Waals surface area (Å²) in [6.07, 6.45) is 0. The largest absolute Gasteiger partial charge is 0.380 e. The van der Waals surface area contributed by atoms with E-state index in [9.17, 15) is 0 Å². The van der Waals surface area contributed by atoms with Crippen molar-refractivity contribution in [2.24, 2.45) is 0 Å². The number of rotatable bonds is 5. The number of anilines is 4. The van der Waals surface area contributed by atoms with E-state index in [2.05, 4.69) is 174 Å². The van der Waals surface area contributed by atoms with Gasteiger partial charge in [0.1, 0.15) is 0 Å². The third-order valence-electron chi connectivity index (χ3n) is 9.71. The molecule has 0 spiro atoms. The van der Waals surface area contributed by atoms with E-state index >= 15 is 0 Å². The molecule has 0 atom stereocenters. The number of benzene rings is 7. The topological polar surface area (TPSA) is 15.3 Å². The zero-order chi connectivity index (χ0) is 32.3. The molecule has 0 unspecified atom stereocenters. The summed E-state index contributed by atoms with van der Waals surface area (Å²) in [5.74, 6) is 0. The Morgan fingerprint density at radius 1 is 0.429 bits per heavy atom. The Morgan fingerprint density at radius 2 is 1.06 bits per heavy atom. The minimum Gasteiger partial charge on any atom is -0.380 e. The summed E-state index contributed by atoms with van der Waals surface area (Å²) < 4.78 is 3.97. The molecular formula is C45H30N2S2. The third-order valence-corrected chi connectivity index (χ3v) is 12.0. The highest BCUT2D eigenvalue weighted by Gasteiger charge is 2.21. The van der Waals surface area contributed by atoms with Gasteiger partial charge in [0.05, 0.1) is 6.54 Å². The van der Waals surface area contributed by atoms with Gasteiger partial charge in [-0.25, -0.2) is 0 Å². The predicted molar refractivity (Wildman–Crippen MR) is 213 cm³/mol. The number of hydrogen-bond donors (Lipinski definition) is 1. The first kappa shape index (κ1) is 28.3. The zero-order valence-electron chi connectivity index (χ0n) is 26.6. The summed E-state index contributed by atoms with van der Waals surface area (Å²) in [4.78, 5) is 3.79. The molecule has 0 saturated carbocycles. The molecule has 10 rings (SSSR count). The number of hydrogen-bond acceptors (Lipinski definition) is 4. The second kappa shape index (κ2) is 11.5. The normalized spacial score (nSPS) is 12.2. The fourth-order valence-electron chi connectivity index (χ4n) is 7.31. The van der Waals surface area contributed by atoms with Crippen molar-refractivity contribution in [3.63, 3.8) is 0 Å². The highest BCUT2D eigenvalue weighted by molar-refractivity contribution is 7.25. The van der Waals surface area contributed by atoms with Crippen LogP contribution in [0.3, 0.4) is 0 Å². The van der Waals surface area contributed by atoms with Crippen LogP contribution in [0.25, 0.3) is 63.6 Å². The maximum absolute atomic E-state index is 3.60. The number of fused-ring (bicyclic) bond motifs is 8. The molecule has 7 aromatic carbocycles. The lowest BCUT2D eigenvalue weighted by atomic mass is 9.96. The highest BCUT2D eigenvalue weighted by Crippen LogP contribution is 2.46. The van der Waals surface area contributed by atoms with E-state index in [-0.39, 0.29) is 0 Å². The summed E-state index contributed by atoms with van der Waals surface area (Å²) in [5, 5.41) is 7.55. The molecule has 49 heavy (non-hydrogen) atoms. The summed E-state index contributed by atoms with van der Waals surface area (Å²) in [6.45, 7) is 0.880. The maximum atomic E-state index is 3.60. The van der Waals surface area contributed by atoms with Gasteiger partial charge in [0.15, 0.2) is 0 Å². The minimum absolute atomic E-state index is 0.880. The first-order valence-corrected chi connectivity index (χ1v) is 18.3. The number of nitrogens with one attached hydrogen (secondary N) is 1. The molecule has 1 aliphatic rings. The molecule has 0 amide bonds. The van der Waals surface area contributed by atoms with Crippen LogP contribution in [0.5, 0.6) is 0 Å². The van der Waals surface area contributed by atoms with Crippen molar-refractivity contribution in [1.82, 2.24) is 0 Å². The standard InChI is InChI=1S/C45H30N2S2/c1-2-8-29(9-3-1)30-14-19-33(20-15-30)47(35-23-25-42-39(27-35)36-10-5-7-13-41(36)48-42)34-21-16-31(17-22-34)32-18-24-38-43(26-32)49-44-28-46-40-12-6-4-11-37(40)45(38)44/h1-27,46H,28H2. The van der Waals surface area contributed by atoms with Crippen LogP contribution in [0.4, 0.5) is 22.7 Å². The van der Waals surface area contributed by atoms with Gasteiger partial charge in [-0.1, -0.05) is 103 Å². The van der Waals surface area contributed by atoms with Gasteiger partial charge < -0.3 is 10.2 Å². The van der Waals surface area contributed by atoms with Crippen LogP contribution in [0, 0.1) is 0 Å². The van der Waals surface area contributed by atoms with Gasteiger partial charge in [-0.15, -0.1) is 22.7 Å². The smallest absolute Gasteiger partial charge is 0.0501 e. The quantitative estimate of drug-likeness (QED) is 0.197. The van der Waals surface area contributed by atoms with Gasteiger partial charge in [-0.05, 0) is 82.9 Å². The molecule has 0 saturated heterocycles. The van der Waals surface area contributed by atoms with Gasteiger partial charge in [0.2, 0.25) is 0 Å². The molecule has 9 aromatic rings. The fraction of sp³-hybridized carbons (Fsp3) is 0.0222. The van der Waals surface area contributed by atoms with Crippen molar-refractivity contribution in [2.75, 3.05) is 10.2 Å². The summed E-state index contributed by atoms with van der Waals surface area (Å²) in [7, 11) is 0. The van der Waals surface area contributed by atoms with E-state index in [4.69, 9.17) is 0 Å². The average Bonchev–Trinajstić information content (AvgIpc) is 3.74. The fourth-order valence-corrected chi connectivity index (χ4v) is 9.60. The summed E-state index contributed by atoms with van der Waals surface area (Å²) >= 11 is 3.76. The molecule has 4 heteroatoms. The van der Waals surface area contributed by atoms with Gasteiger partial charge in [-0.3, -0.25) is 0 Å². The number of nitrogens with zero attached hydrogens (tertiary/aromatic N) is 1. The van der Waals surface area contributed by atoms with E-state index in [1.54, 1.807) is 0 Å². The lowest BCUT2D eigenvalue weighted by Crippen LogP contribution is -2.09. The molecular weight excluding hydrogens is 633 g/mol. The summed E-state index contributed by atoms with van der Waals surface area (Å²) in [5.41, 5.74) is 12.2. The van der Waals surface area contributed by atoms with Gasteiger partial charge in [0, 0.05) is 69.0 Å². The molecule has 2 aromatic heterocycles. The Bertz CT molecular complexity index is 2650. The molecule has 0 bridgehead atoms. The minimum atomic E-state index is 0.880. The number of para-hydroxylation sites is 1. The first-order valence-electron chi connectivity index (χ1n) is 16.6. The Morgan fingerprint density at radius 3 is 1.88 bits per heavy atom. The second-order valence-electron chi connectivity index (χ2n) is 12.6. The monoisotopic (exact) mass is 662 g/mol. The zero-order valence-corrected chi connectivity index (χ0v) is 28.2. The van der Waals surface area contributed by atoms with Crippen molar-refractivity contribution < 1.29 is 0 Å². The van der Waals surface area contributed by atoms with Crippen LogP contribution in [-0.4, -0.2) is 0 Å². The van der Waals surface area contributed by atoms with Crippen LogP contribution < -0.4 is 10.2 Å². The number of thiophene rings is 2. The third kappa shape index (κ3) is 4.83. The van der Waals surface area contributed by atoms with Crippen LogP contribution in [-0.2, 0) is 6.54 Å². The molecule has 0 radical (unpaired) electrons. The molecule has 2 nitrogen and oxygen atoms in total. The molecule has 232 valence electrons. The Labute approximate surface area is 293 Å². The Balaban J connectivity index is 1.05. The predicted octanol–water partition coefficient (Wildman–Crippen LogP) is 13.7. The Kier molecular flexibility index (Phi) is 6.64. The van der Waals surface area contributed by atoms with Gasteiger partial charge in [0.25, 0.3) is 0 Å². The van der Waals surface area contributed by atoms with Gasteiger partial charge >= 0.3 is 0 Å². The molecule has 1 aliphatic heterocycles. The van der Waals surface area contributed by atoms with Crippen molar-refractivity contribution in [2.45, 2.75) is 6.54 Å². The SMILES string of the molecule is c1ccc(-c2ccc(N(c3ccc(-c4ccc5c6c(sc5c4)CNc4ccccc4-6)cc3)c3ccc4sc5ccccc5c4c3)cc2)cc1. The van der Waals surface area contributed by atoms with E-state index in [0.717, 1.165) is 23.6 Å². The van der Waals surface area contributed by atoms with Crippen molar-refractivity contribution >= 4 is 75.7 Å². The van der Waals surface area contributed by atoms with Crippen LogP contribution in [0.2, 0.25) is 0 Å². The van der Waals surface area contributed by atoms with E-state index < -0.39 is 0 Å². The van der Waals surface area contributed by atoms with Gasteiger partial charge in [-0.2, -0.15) is 0 Å². The average molecular weight is 663 g/mol. The Hall–Kier alpha value is -5.68. The molecule has 0 fully saturated rings. The van der Waals surface area contributed by atoms with Crippen LogP contribution in [0.1, 0.15) is 4.88 Å². The highest BCUT2D eigenvalue weighted by atomic mass is 32.1. The van der Waals surface area contributed by atoms with E-state index in [1.807, 2.05) is 22.7 Å². The lowest BCUT2D eigenvalue weighted by molar-refractivity contribution is 1.17. The van der Waals surface area contributed by atoms with Crippen molar-refractivity contribution in [1.29, 1.82) is 0 Å². The van der Waals surface area contributed by atoms with Crippen molar-refractivity contribution in [3.8, 4) is 33.4 Å². The molecule has 3 heterocycles. The van der Waals surface area contributed by atoms with E-state index in [1.165, 1.54) is 74.2 Å². The van der Waals surface area contributed by atoms with Crippen molar-refractivity contribution in [3.05, 3.63) is 169 Å². The lowest BCUT2D eigenvalue weighted by Gasteiger charge is -2.26. The maximum Gasteiger partial charge on any atom is 0.0501 e. The first-order chi connectivity index (χ1) is 24.3. The summed E-state index contributed by atoms with van der Waals surface area (Å²) in [6, 6.07) is 59.8. The van der Waals surface area contributed by atoms with E-state index in [0.29, 0.717) is 0 Å². The van der Waals surface area contributed by atoms with Crippen LogP contribution in [0.15, 0.2) is 164 Å². The van der Waals surface area contributed by atoms with Crippen LogP contribution >= 0.6 is 22.7 Å². The second-order valence-corrected chi connectivity index (χ2v) is 14.8. The molecule has 1 N–H and O–H groups in total. The molecule has 0 aliphatic carbocycles.